The summed E-state index contributed by atoms with van der Waals surface area (Å²) in [5.41, 5.74) is 3.15. The highest BCUT2D eigenvalue weighted by molar-refractivity contribution is 5.90. The molecule has 0 atom stereocenters. The van der Waals surface area contributed by atoms with Gasteiger partial charge in [-0.2, -0.15) is 5.26 Å². The second kappa shape index (κ2) is 7.03. The van der Waals surface area contributed by atoms with E-state index in [0.717, 1.165) is 40.2 Å². The van der Waals surface area contributed by atoms with E-state index in [1.54, 1.807) is 14.2 Å². The Balaban J connectivity index is 2.15. The van der Waals surface area contributed by atoms with Crippen molar-refractivity contribution in [2.24, 2.45) is 0 Å². The molecule has 0 spiro atoms. The zero-order valence-electron chi connectivity index (χ0n) is 14.5. The molecule has 0 aliphatic rings. The number of nitrogens with zero attached hydrogens (tertiary/aromatic N) is 2. The van der Waals surface area contributed by atoms with Gasteiger partial charge in [-0.05, 0) is 49.2 Å². The van der Waals surface area contributed by atoms with Crippen LogP contribution in [0.4, 0.5) is 0 Å². The molecule has 0 saturated heterocycles. The van der Waals surface area contributed by atoms with E-state index in [1.807, 2.05) is 54.0 Å². The van der Waals surface area contributed by atoms with Crippen molar-refractivity contribution in [3.05, 3.63) is 59.3 Å². The highest BCUT2D eigenvalue weighted by Gasteiger charge is 2.15. The van der Waals surface area contributed by atoms with E-state index in [0.29, 0.717) is 5.56 Å². The summed E-state index contributed by atoms with van der Waals surface area (Å²) in [6, 6.07) is 15.6. The van der Waals surface area contributed by atoms with Gasteiger partial charge in [-0.25, -0.2) is 0 Å². The third kappa shape index (κ3) is 3.03. The molecule has 3 rings (SSSR count). The number of hydrogen-bond donors (Lipinski definition) is 0. The molecule has 0 radical (unpaired) electrons. The third-order valence-corrected chi connectivity index (χ3v) is 4.12. The molecule has 0 fully saturated rings. The van der Waals surface area contributed by atoms with E-state index in [2.05, 4.69) is 17.9 Å². The molecule has 1 aromatic heterocycles. The Hall–Kier alpha value is -3.37. The summed E-state index contributed by atoms with van der Waals surface area (Å²) < 4.78 is 12.5. The highest BCUT2D eigenvalue weighted by atomic mass is 16.5. The van der Waals surface area contributed by atoms with E-state index in [9.17, 15) is 5.26 Å². The number of ether oxygens (including phenoxy) is 2. The van der Waals surface area contributed by atoms with Gasteiger partial charge in [0, 0.05) is 23.6 Å². The summed E-state index contributed by atoms with van der Waals surface area (Å²) in [5.74, 6) is 7.87. The van der Waals surface area contributed by atoms with Gasteiger partial charge in [0.1, 0.15) is 23.3 Å². The summed E-state index contributed by atoms with van der Waals surface area (Å²) in [6.07, 6.45) is 0. The zero-order chi connectivity index (χ0) is 17.8. The molecule has 25 heavy (non-hydrogen) atoms. The Morgan fingerprint density at radius 3 is 2.24 bits per heavy atom. The molecule has 4 heteroatoms. The minimum Gasteiger partial charge on any atom is -0.497 e. The molecular formula is C21H18N2O2. The van der Waals surface area contributed by atoms with Gasteiger partial charge in [0.05, 0.1) is 25.3 Å². The maximum absolute atomic E-state index is 9.64. The molecule has 2 aromatic carbocycles. The van der Waals surface area contributed by atoms with E-state index in [4.69, 9.17) is 9.47 Å². The standard InChI is InChI=1S/C21H18N2O2/c1-4-23-20(12-7-15-5-8-16(24-2)9-6-15)19(14-22)18-11-10-17(25-3)13-21(18)23/h5-6,8-11,13H,4H2,1-3H3. The number of methoxy groups -OCH3 is 2. The van der Waals surface area contributed by atoms with Crippen LogP contribution in [0, 0.1) is 23.2 Å². The molecule has 0 aliphatic heterocycles. The Bertz CT molecular complexity index is 1010. The summed E-state index contributed by atoms with van der Waals surface area (Å²) in [5, 5.41) is 10.5. The first-order valence-electron chi connectivity index (χ1n) is 7.98. The SMILES string of the molecule is CCn1c(C#Cc2ccc(OC)cc2)c(C#N)c2ccc(OC)cc21. The fourth-order valence-corrected chi connectivity index (χ4v) is 2.83. The first-order valence-corrected chi connectivity index (χ1v) is 7.98. The normalized spacial score (nSPS) is 10.0. The lowest BCUT2D eigenvalue weighted by Gasteiger charge is -2.04. The van der Waals surface area contributed by atoms with Gasteiger partial charge in [0.2, 0.25) is 0 Å². The maximum Gasteiger partial charge on any atom is 0.120 e. The van der Waals surface area contributed by atoms with Crippen molar-refractivity contribution >= 4 is 10.9 Å². The number of nitriles is 1. The summed E-state index contributed by atoms with van der Waals surface area (Å²) in [4.78, 5) is 0. The molecular weight excluding hydrogens is 312 g/mol. The Labute approximate surface area is 147 Å². The predicted molar refractivity (Wildman–Crippen MR) is 97.9 cm³/mol. The van der Waals surface area contributed by atoms with Crippen LogP contribution in [0.1, 0.15) is 23.7 Å². The van der Waals surface area contributed by atoms with Crippen molar-refractivity contribution in [3.63, 3.8) is 0 Å². The fraction of sp³-hybridized carbons (Fsp3) is 0.190. The lowest BCUT2D eigenvalue weighted by atomic mass is 10.1. The van der Waals surface area contributed by atoms with Crippen molar-refractivity contribution in [3.8, 4) is 29.4 Å². The first kappa shape index (κ1) is 16.5. The molecule has 124 valence electrons. The first-order chi connectivity index (χ1) is 12.2. The van der Waals surface area contributed by atoms with Crippen LogP contribution in [0.25, 0.3) is 10.9 Å². The summed E-state index contributed by atoms with van der Waals surface area (Å²) >= 11 is 0. The second-order valence-corrected chi connectivity index (χ2v) is 5.44. The van der Waals surface area contributed by atoms with Gasteiger partial charge in [-0.3, -0.25) is 0 Å². The largest absolute Gasteiger partial charge is 0.497 e. The van der Waals surface area contributed by atoms with Gasteiger partial charge < -0.3 is 14.0 Å². The fourth-order valence-electron chi connectivity index (χ4n) is 2.83. The van der Waals surface area contributed by atoms with Crippen molar-refractivity contribution < 1.29 is 9.47 Å². The number of aryl methyl sites for hydroxylation is 1. The Morgan fingerprint density at radius 1 is 0.960 bits per heavy atom. The number of aromatic nitrogens is 1. The molecule has 1 heterocycles. The van der Waals surface area contributed by atoms with Gasteiger partial charge >= 0.3 is 0 Å². The average molecular weight is 330 g/mol. The van der Waals surface area contributed by atoms with Gasteiger partial charge in [-0.1, -0.05) is 5.92 Å². The lowest BCUT2D eigenvalue weighted by molar-refractivity contribution is 0.415. The smallest absolute Gasteiger partial charge is 0.120 e. The topological polar surface area (TPSA) is 47.2 Å². The van der Waals surface area contributed by atoms with Crippen LogP contribution < -0.4 is 9.47 Å². The van der Waals surface area contributed by atoms with Crippen molar-refractivity contribution in [2.75, 3.05) is 14.2 Å². The van der Waals surface area contributed by atoms with Crippen LogP contribution in [0.2, 0.25) is 0 Å². The maximum atomic E-state index is 9.64. The molecule has 4 nitrogen and oxygen atoms in total. The monoisotopic (exact) mass is 330 g/mol. The second-order valence-electron chi connectivity index (χ2n) is 5.44. The van der Waals surface area contributed by atoms with Crippen LogP contribution in [-0.2, 0) is 6.54 Å². The molecule has 0 N–H and O–H groups in total. The number of fused-ring (bicyclic) bond motifs is 1. The van der Waals surface area contributed by atoms with Crippen LogP contribution >= 0.6 is 0 Å². The number of hydrogen-bond acceptors (Lipinski definition) is 3. The third-order valence-electron chi connectivity index (χ3n) is 4.12. The Kier molecular flexibility index (Phi) is 4.64. The van der Waals surface area contributed by atoms with Crippen LogP contribution in [-0.4, -0.2) is 18.8 Å². The predicted octanol–water partition coefficient (Wildman–Crippen LogP) is 3.95. The van der Waals surface area contributed by atoms with Crippen molar-refractivity contribution in [1.29, 1.82) is 5.26 Å². The van der Waals surface area contributed by atoms with Gasteiger partial charge in [-0.15, -0.1) is 0 Å². The molecule has 0 aliphatic carbocycles. The Morgan fingerprint density at radius 2 is 1.64 bits per heavy atom. The van der Waals surface area contributed by atoms with E-state index < -0.39 is 0 Å². The van der Waals surface area contributed by atoms with Crippen molar-refractivity contribution in [2.45, 2.75) is 13.5 Å². The van der Waals surface area contributed by atoms with Crippen LogP contribution in [0.15, 0.2) is 42.5 Å². The van der Waals surface area contributed by atoms with Crippen molar-refractivity contribution in [1.82, 2.24) is 4.57 Å². The van der Waals surface area contributed by atoms with Gasteiger partial charge in [0.25, 0.3) is 0 Å². The van der Waals surface area contributed by atoms with E-state index in [-0.39, 0.29) is 0 Å². The quantitative estimate of drug-likeness (QED) is 0.683. The minimum atomic E-state index is 0.598. The highest BCUT2D eigenvalue weighted by Crippen LogP contribution is 2.28. The molecule has 0 saturated carbocycles. The van der Waals surface area contributed by atoms with Gasteiger partial charge in [0.15, 0.2) is 0 Å². The average Bonchev–Trinajstić information content (AvgIpc) is 2.98. The van der Waals surface area contributed by atoms with Crippen LogP contribution in [0.3, 0.4) is 0 Å². The van der Waals surface area contributed by atoms with Crippen LogP contribution in [0.5, 0.6) is 11.5 Å². The molecule has 0 unspecified atom stereocenters. The zero-order valence-corrected chi connectivity index (χ0v) is 14.5. The van der Waals surface area contributed by atoms with E-state index >= 15 is 0 Å². The summed E-state index contributed by atoms with van der Waals surface area (Å²) in [7, 11) is 3.27. The number of benzene rings is 2. The lowest BCUT2D eigenvalue weighted by Crippen LogP contribution is -1.98. The summed E-state index contributed by atoms with van der Waals surface area (Å²) in [6.45, 7) is 2.76. The molecule has 3 aromatic rings. The number of rotatable bonds is 3. The minimum absolute atomic E-state index is 0.598. The molecule has 0 amide bonds. The molecule has 0 bridgehead atoms. The van der Waals surface area contributed by atoms with E-state index in [1.165, 1.54) is 0 Å².